The molecular weight excluding hydrogens is 184 g/mol. The molecule has 2 rings (SSSR count). The Labute approximate surface area is 89.0 Å². The Balaban J connectivity index is 0.000000195. The Hall–Kier alpha value is -2.32. The van der Waals surface area contributed by atoms with Crippen molar-refractivity contribution in [1.82, 2.24) is 0 Å². The lowest BCUT2D eigenvalue weighted by Crippen LogP contribution is -1.67. The Kier molecular flexibility index (Phi) is 4.43. The van der Waals surface area contributed by atoms with Crippen LogP contribution in [0.5, 0.6) is 0 Å². The van der Waals surface area contributed by atoms with Crippen molar-refractivity contribution in [2.75, 3.05) is 0 Å². The maximum absolute atomic E-state index is 7.59. The predicted molar refractivity (Wildman–Crippen MR) is 59.8 cm³/mol. The Morgan fingerprint density at radius 2 is 1.07 bits per heavy atom. The van der Waals surface area contributed by atoms with Crippen LogP contribution in [0.25, 0.3) is 10.8 Å². The molecule has 15 heavy (non-hydrogen) atoms. The van der Waals surface area contributed by atoms with E-state index in [1.165, 1.54) is 10.8 Å². The molecule has 2 heteroatoms. The molecule has 0 aromatic heterocycles. The minimum atomic E-state index is 0. The molecule has 0 atom stereocenters. The van der Waals surface area contributed by atoms with Crippen LogP contribution in [0.4, 0.5) is 0 Å². The quantitative estimate of drug-likeness (QED) is 0.646. The van der Waals surface area contributed by atoms with Crippen LogP contribution < -0.4 is 0 Å². The monoisotopic (exact) mass is 194 g/mol. The molecule has 0 spiro atoms. The summed E-state index contributed by atoms with van der Waals surface area (Å²) in [5, 5.41) is 17.8. The van der Waals surface area contributed by atoms with Crippen molar-refractivity contribution in [3.05, 3.63) is 48.5 Å². The SMILES string of the molecule is N#CCC#N.c1ccc2ccccc2c1. The van der Waals surface area contributed by atoms with E-state index in [-0.39, 0.29) is 6.42 Å². The first-order valence-electron chi connectivity index (χ1n) is 4.56. The van der Waals surface area contributed by atoms with E-state index in [1.54, 1.807) is 12.1 Å². The van der Waals surface area contributed by atoms with Crippen LogP contribution in [0.1, 0.15) is 6.42 Å². The number of fused-ring (bicyclic) bond motifs is 1. The predicted octanol–water partition coefficient (Wildman–Crippen LogP) is 3.26. The number of rotatable bonds is 0. The maximum Gasteiger partial charge on any atom is 0.122 e. The highest BCUT2D eigenvalue weighted by molar-refractivity contribution is 5.81. The van der Waals surface area contributed by atoms with Crippen LogP contribution >= 0.6 is 0 Å². The first kappa shape index (κ1) is 10.8. The van der Waals surface area contributed by atoms with Gasteiger partial charge in [-0.15, -0.1) is 0 Å². The third kappa shape index (κ3) is 3.50. The minimum Gasteiger partial charge on any atom is -0.197 e. The van der Waals surface area contributed by atoms with Crippen molar-refractivity contribution in [2.24, 2.45) is 0 Å². The summed E-state index contributed by atoms with van der Waals surface area (Å²) >= 11 is 0. The molecule has 0 radical (unpaired) electrons. The molecule has 0 aliphatic heterocycles. The summed E-state index contributed by atoms with van der Waals surface area (Å²) in [4.78, 5) is 0. The molecule has 0 bridgehead atoms. The molecule has 2 aromatic rings. The van der Waals surface area contributed by atoms with Gasteiger partial charge >= 0.3 is 0 Å². The van der Waals surface area contributed by atoms with Crippen molar-refractivity contribution < 1.29 is 0 Å². The topological polar surface area (TPSA) is 47.6 Å². The summed E-state index contributed by atoms with van der Waals surface area (Å²) in [6.07, 6.45) is 0. The van der Waals surface area contributed by atoms with Gasteiger partial charge in [-0.25, -0.2) is 0 Å². The molecular formula is C13H10N2. The third-order valence-corrected chi connectivity index (χ3v) is 1.82. The number of nitrogens with zero attached hydrogens (tertiary/aromatic N) is 2. The Morgan fingerprint density at radius 1 is 0.733 bits per heavy atom. The molecule has 0 saturated carbocycles. The van der Waals surface area contributed by atoms with Gasteiger partial charge in [0, 0.05) is 0 Å². The zero-order chi connectivity index (χ0) is 10.9. The number of hydrogen-bond acceptors (Lipinski definition) is 2. The number of nitriles is 2. The van der Waals surface area contributed by atoms with Crippen molar-refractivity contribution in [2.45, 2.75) is 6.42 Å². The fraction of sp³-hybridized carbons (Fsp3) is 0.0769. The molecule has 0 N–H and O–H groups in total. The van der Waals surface area contributed by atoms with Gasteiger partial charge in [0.1, 0.15) is 6.42 Å². The number of benzene rings is 2. The molecule has 72 valence electrons. The molecule has 0 amide bonds. The fourth-order valence-electron chi connectivity index (χ4n) is 1.17. The second-order valence-corrected chi connectivity index (χ2v) is 2.84. The molecule has 0 aliphatic rings. The zero-order valence-corrected chi connectivity index (χ0v) is 8.22. The van der Waals surface area contributed by atoms with Crippen LogP contribution in [0.3, 0.4) is 0 Å². The van der Waals surface area contributed by atoms with Gasteiger partial charge in [0.15, 0.2) is 0 Å². The van der Waals surface area contributed by atoms with Crippen LogP contribution in [0.2, 0.25) is 0 Å². The summed E-state index contributed by atoms with van der Waals surface area (Å²) in [7, 11) is 0. The normalized spacial score (nSPS) is 8.13. The number of hydrogen-bond donors (Lipinski definition) is 0. The molecule has 0 saturated heterocycles. The highest BCUT2D eigenvalue weighted by atomic mass is 14.3. The first-order valence-corrected chi connectivity index (χ1v) is 4.56. The largest absolute Gasteiger partial charge is 0.197 e. The highest BCUT2D eigenvalue weighted by Gasteiger charge is 1.85. The van der Waals surface area contributed by atoms with E-state index in [4.69, 9.17) is 10.5 Å². The van der Waals surface area contributed by atoms with Crippen molar-refractivity contribution in [3.8, 4) is 12.1 Å². The molecule has 0 unspecified atom stereocenters. The van der Waals surface area contributed by atoms with Gasteiger partial charge in [0.05, 0.1) is 12.1 Å². The summed E-state index contributed by atoms with van der Waals surface area (Å²) in [6, 6.07) is 20.0. The van der Waals surface area contributed by atoms with Gasteiger partial charge in [-0.1, -0.05) is 48.5 Å². The molecule has 2 aromatic carbocycles. The average Bonchev–Trinajstić information content (AvgIpc) is 2.31. The van der Waals surface area contributed by atoms with E-state index in [0.29, 0.717) is 0 Å². The molecule has 0 heterocycles. The maximum atomic E-state index is 7.59. The smallest absolute Gasteiger partial charge is 0.122 e. The fourth-order valence-corrected chi connectivity index (χ4v) is 1.17. The van der Waals surface area contributed by atoms with Crippen LogP contribution in [-0.4, -0.2) is 0 Å². The lowest BCUT2D eigenvalue weighted by atomic mass is 10.1. The molecule has 0 fully saturated rings. The summed E-state index contributed by atoms with van der Waals surface area (Å²) < 4.78 is 0. The highest BCUT2D eigenvalue weighted by Crippen LogP contribution is 2.11. The van der Waals surface area contributed by atoms with Crippen molar-refractivity contribution >= 4 is 10.8 Å². The van der Waals surface area contributed by atoms with Crippen molar-refractivity contribution in [1.29, 1.82) is 10.5 Å². The summed E-state index contributed by atoms with van der Waals surface area (Å²) in [5.41, 5.74) is 0. The first-order chi connectivity index (χ1) is 7.38. The van der Waals surface area contributed by atoms with E-state index in [9.17, 15) is 0 Å². The zero-order valence-electron chi connectivity index (χ0n) is 8.22. The summed E-state index contributed by atoms with van der Waals surface area (Å²) in [6.45, 7) is 0. The second-order valence-electron chi connectivity index (χ2n) is 2.84. The standard InChI is InChI=1S/C10H8.C3H2N2/c1-2-6-10-8-4-3-7-9(10)5-1;4-2-1-3-5/h1-8H;1H2. The van der Waals surface area contributed by atoms with E-state index >= 15 is 0 Å². The van der Waals surface area contributed by atoms with Crippen LogP contribution in [-0.2, 0) is 0 Å². The third-order valence-electron chi connectivity index (χ3n) is 1.82. The molecule has 0 aliphatic carbocycles. The van der Waals surface area contributed by atoms with Gasteiger partial charge in [-0.05, 0) is 10.8 Å². The van der Waals surface area contributed by atoms with Crippen LogP contribution in [0.15, 0.2) is 48.5 Å². The van der Waals surface area contributed by atoms with Crippen LogP contribution in [0, 0.1) is 22.7 Å². The van der Waals surface area contributed by atoms with Gasteiger partial charge in [0.2, 0.25) is 0 Å². The average molecular weight is 194 g/mol. The Bertz CT molecular complexity index is 426. The van der Waals surface area contributed by atoms with E-state index in [2.05, 4.69) is 48.5 Å². The van der Waals surface area contributed by atoms with E-state index < -0.39 is 0 Å². The Morgan fingerprint density at radius 3 is 1.27 bits per heavy atom. The van der Waals surface area contributed by atoms with E-state index in [0.717, 1.165) is 0 Å². The van der Waals surface area contributed by atoms with Gasteiger partial charge in [-0.3, -0.25) is 0 Å². The minimum absolute atomic E-state index is 0. The second kappa shape index (κ2) is 6.18. The molecule has 2 nitrogen and oxygen atoms in total. The summed E-state index contributed by atoms with van der Waals surface area (Å²) in [5.74, 6) is 0. The van der Waals surface area contributed by atoms with Gasteiger partial charge in [-0.2, -0.15) is 10.5 Å². The van der Waals surface area contributed by atoms with Gasteiger partial charge in [0.25, 0.3) is 0 Å². The van der Waals surface area contributed by atoms with Crippen molar-refractivity contribution in [3.63, 3.8) is 0 Å². The lowest BCUT2D eigenvalue weighted by Gasteiger charge is -1.92. The lowest BCUT2D eigenvalue weighted by molar-refractivity contribution is 1.33. The van der Waals surface area contributed by atoms with Gasteiger partial charge < -0.3 is 0 Å². The van der Waals surface area contributed by atoms with E-state index in [1.807, 2.05) is 0 Å².